The average Bonchev–Trinajstić information content (AvgIpc) is 2.53. The van der Waals surface area contributed by atoms with Crippen LogP contribution in [0.4, 0.5) is 5.82 Å². The van der Waals surface area contributed by atoms with Crippen molar-refractivity contribution in [2.75, 3.05) is 18.9 Å². The lowest BCUT2D eigenvalue weighted by Crippen LogP contribution is -2.31. The predicted molar refractivity (Wildman–Crippen MR) is 58.6 cm³/mol. The Bertz CT molecular complexity index is 378. The molecule has 4 nitrogen and oxygen atoms in total. The summed E-state index contributed by atoms with van der Waals surface area (Å²) >= 11 is 0. The first kappa shape index (κ1) is 9.96. The van der Waals surface area contributed by atoms with Gasteiger partial charge in [0.2, 0.25) is 5.91 Å². The maximum Gasteiger partial charge on any atom is 0.244 e. The van der Waals surface area contributed by atoms with Gasteiger partial charge in [0.25, 0.3) is 0 Å². The third-order valence-corrected chi connectivity index (χ3v) is 2.75. The highest BCUT2D eigenvalue weighted by molar-refractivity contribution is 5.86. The van der Waals surface area contributed by atoms with Gasteiger partial charge in [0.1, 0.15) is 11.9 Å². The van der Waals surface area contributed by atoms with Crippen molar-refractivity contribution in [2.45, 2.75) is 19.4 Å². The number of aryl methyl sites for hydroxylation is 1. The van der Waals surface area contributed by atoms with Gasteiger partial charge in [0, 0.05) is 19.8 Å². The molecule has 1 aromatic rings. The number of nitrogens with zero attached hydrogens (tertiary/aromatic N) is 2. The first-order valence-electron chi connectivity index (χ1n) is 5.11. The molecule has 15 heavy (non-hydrogen) atoms. The van der Waals surface area contributed by atoms with Crippen LogP contribution in [0.5, 0.6) is 0 Å². The fraction of sp³-hybridized carbons (Fsp3) is 0.455. The average molecular weight is 205 g/mol. The van der Waals surface area contributed by atoms with Gasteiger partial charge >= 0.3 is 0 Å². The van der Waals surface area contributed by atoms with E-state index < -0.39 is 0 Å². The van der Waals surface area contributed by atoms with Crippen LogP contribution in [0.15, 0.2) is 18.3 Å². The lowest BCUT2D eigenvalue weighted by Gasteiger charge is -2.13. The number of carbonyl (C=O) groups excluding carboxylic acids is 1. The molecule has 0 aliphatic carbocycles. The standard InChI is InChI=1S/C11H15N3O/c1-8-4-3-6-12-10(8)13-9-5-7-14(2)11(9)15/h3-4,6,9H,5,7H2,1-2H3,(H,12,13). The largest absolute Gasteiger partial charge is 0.358 e. The Labute approximate surface area is 89.3 Å². The Morgan fingerprint density at radius 3 is 3.00 bits per heavy atom. The van der Waals surface area contributed by atoms with Crippen LogP contribution in [-0.2, 0) is 4.79 Å². The molecular formula is C11H15N3O. The molecule has 2 rings (SSSR count). The molecule has 0 aromatic carbocycles. The highest BCUT2D eigenvalue weighted by Crippen LogP contribution is 2.16. The van der Waals surface area contributed by atoms with Gasteiger partial charge in [-0.1, -0.05) is 6.07 Å². The van der Waals surface area contributed by atoms with Crippen molar-refractivity contribution >= 4 is 11.7 Å². The Morgan fingerprint density at radius 2 is 2.40 bits per heavy atom. The lowest BCUT2D eigenvalue weighted by molar-refractivity contribution is -0.127. The second kappa shape index (κ2) is 3.88. The minimum atomic E-state index is -0.108. The van der Waals surface area contributed by atoms with Crippen molar-refractivity contribution in [1.29, 1.82) is 0 Å². The molecule has 1 aliphatic rings. The summed E-state index contributed by atoms with van der Waals surface area (Å²) in [5.41, 5.74) is 1.07. The van der Waals surface area contributed by atoms with Gasteiger partial charge in [0.15, 0.2) is 0 Å². The zero-order valence-corrected chi connectivity index (χ0v) is 9.03. The van der Waals surface area contributed by atoms with Crippen molar-refractivity contribution in [3.8, 4) is 0 Å². The first-order valence-corrected chi connectivity index (χ1v) is 5.11. The van der Waals surface area contributed by atoms with E-state index in [9.17, 15) is 4.79 Å². The van der Waals surface area contributed by atoms with Gasteiger partial charge in [-0.25, -0.2) is 4.98 Å². The SMILES string of the molecule is Cc1cccnc1NC1CCN(C)C1=O. The highest BCUT2D eigenvalue weighted by atomic mass is 16.2. The van der Waals surface area contributed by atoms with Crippen LogP contribution < -0.4 is 5.32 Å². The Hall–Kier alpha value is -1.58. The number of anilines is 1. The molecule has 80 valence electrons. The number of pyridine rings is 1. The minimum Gasteiger partial charge on any atom is -0.358 e. The molecule has 4 heteroatoms. The molecular weight excluding hydrogens is 190 g/mol. The maximum atomic E-state index is 11.7. The summed E-state index contributed by atoms with van der Waals surface area (Å²) in [4.78, 5) is 17.6. The number of hydrogen-bond acceptors (Lipinski definition) is 3. The topological polar surface area (TPSA) is 45.2 Å². The maximum absolute atomic E-state index is 11.7. The third kappa shape index (κ3) is 1.93. The molecule has 1 fully saturated rings. The van der Waals surface area contributed by atoms with Crippen molar-refractivity contribution in [1.82, 2.24) is 9.88 Å². The molecule has 0 spiro atoms. The van der Waals surface area contributed by atoms with Crippen LogP contribution in [0.2, 0.25) is 0 Å². The minimum absolute atomic E-state index is 0.108. The fourth-order valence-corrected chi connectivity index (χ4v) is 1.76. The van der Waals surface area contributed by atoms with Gasteiger partial charge in [-0.15, -0.1) is 0 Å². The molecule has 1 amide bonds. The monoisotopic (exact) mass is 205 g/mol. The number of likely N-dealkylation sites (tertiary alicyclic amines) is 1. The Kier molecular flexibility index (Phi) is 2.58. The van der Waals surface area contributed by atoms with E-state index in [4.69, 9.17) is 0 Å². The summed E-state index contributed by atoms with van der Waals surface area (Å²) in [5, 5.41) is 3.19. The van der Waals surface area contributed by atoms with Crippen LogP contribution in [0, 0.1) is 6.92 Å². The van der Waals surface area contributed by atoms with Gasteiger partial charge in [-0.05, 0) is 25.0 Å². The zero-order valence-electron chi connectivity index (χ0n) is 9.03. The molecule has 1 N–H and O–H groups in total. The smallest absolute Gasteiger partial charge is 0.244 e. The van der Waals surface area contributed by atoms with E-state index in [0.29, 0.717) is 0 Å². The van der Waals surface area contributed by atoms with Crippen molar-refractivity contribution in [3.05, 3.63) is 23.9 Å². The van der Waals surface area contributed by atoms with Gasteiger partial charge in [-0.2, -0.15) is 0 Å². The number of carbonyl (C=O) groups is 1. The second-order valence-corrected chi connectivity index (χ2v) is 3.91. The summed E-state index contributed by atoms with van der Waals surface area (Å²) in [5.74, 6) is 0.964. The van der Waals surface area contributed by atoms with E-state index in [-0.39, 0.29) is 11.9 Å². The molecule has 1 unspecified atom stereocenters. The quantitative estimate of drug-likeness (QED) is 0.784. The second-order valence-electron chi connectivity index (χ2n) is 3.91. The number of amides is 1. The summed E-state index contributed by atoms with van der Waals surface area (Å²) in [6.07, 6.45) is 2.59. The number of likely N-dealkylation sites (N-methyl/N-ethyl adjacent to an activating group) is 1. The fourth-order valence-electron chi connectivity index (χ4n) is 1.76. The summed E-state index contributed by atoms with van der Waals surface area (Å²) in [7, 11) is 1.83. The lowest BCUT2D eigenvalue weighted by atomic mass is 10.2. The van der Waals surface area contributed by atoms with E-state index in [1.54, 1.807) is 11.1 Å². The molecule has 1 aromatic heterocycles. The Morgan fingerprint density at radius 1 is 1.60 bits per heavy atom. The van der Waals surface area contributed by atoms with Gasteiger partial charge < -0.3 is 10.2 Å². The van der Waals surface area contributed by atoms with Gasteiger partial charge in [0.05, 0.1) is 0 Å². The molecule has 1 saturated heterocycles. The van der Waals surface area contributed by atoms with Crippen molar-refractivity contribution < 1.29 is 4.79 Å². The number of nitrogens with one attached hydrogen (secondary N) is 1. The molecule has 2 heterocycles. The van der Waals surface area contributed by atoms with Crippen LogP contribution in [0.25, 0.3) is 0 Å². The van der Waals surface area contributed by atoms with Crippen LogP contribution in [0.1, 0.15) is 12.0 Å². The number of aromatic nitrogens is 1. The molecule has 0 bridgehead atoms. The first-order chi connectivity index (χ1) is 7.18. The van der Waals surface area contributed by atoms with E-state index in [0.717, 1.165) is 24.3 Å². The molecule has 0 radical (unpaired) electrons. The predicted octanol–water partition coefficient (Wildman–Crippen LogP) is 1.03. The number of rotatable bonds is 2. The van der Waals surface area contributed by atoms with Crippen LogP contribution >= 0.6 is 0 Å². The van der Waals surface area contributed by atoms with E-state index in [1.807, 2.05) is 26.1 Å². The summed E-state index contributed by atoms with van der Waals surface area (Å²) in [6.45, 7) is 2.81. The summed E-state index contributed by atoms with van der Waals surface area (Å²) in [6, 6.07) is 3.77. The highest BCUT2D eigenvalue weighted by Gasteiger charge is 2.29. The van der Waals surface area contributed by atoms with Gasteiger partial charge in [-0.3, -0.25) is 4.79 Å². The Balaban J connectivity index is 2.10. The normalized spacial score (nSPS) is 20.8. The van der Waals surface area contributed by atoms with E-state index in [2.05, 4.69) is 10.3 Å². The van der Waals surface area contributed by atoms with Crippen LogP contribution in [0.3, 0.4) is 0 Å². The van der Waals surface area contributed by atoms with E-state index in [1.165, 1.54) is 0 Å². The van der Waals surface area contributed by atoms with Crippen molar-refractivity contribution in [2.24, 2.45) is 0 Å². The molecule has 1 atom stereocenters. The van der Waals surface area contributed by atoms with E-state index >= 15 is 0 Å². The zero-order chi connectivity index (χ0) is 10.8. The molecule has 1 aliphatic heterocycles. The van der Waals surface area contributed by atoms with Crippen LogP contribution in [-0.4, -0.2) is 35.4 Å². The third-order valence-electron chi connectivity index (χ3n) is 2.75. The molecule has 0 saturated carbocycles. The van der Waals surface area contributed by atoms with Crippen molar-refractivity contribution in [3.63, 3.8) is 0 Å². The summed E-state index contributed by atoms with van der Waals surface area (Å²) < 4.78 is 0. The number of hydrogen-bond donors (Lipinski definition) is 1.